The number of nitrogens with one attached hydrogen (secondary N) is 2. The topological polar surface area (TPSA) is 88.5 Å². The van der Waals surface area contributed by atoms with Crippen molar-refractivity contribution in [2.45, 2.75) is 6.42 Å². The fourth-order valence-corrected chi connectivity index (χ4v) is 2.87. The monoisotopic (exact) mass is 365 g/mol. The van der Waals surface area contributed by atoms with Crippen LogP contribution >= 0.6 is 0 Å². The van der Waals surface area contributed by atoms with E-state index in [1.54, 1.807) is 42.5 Å². The first-order valence-electron chi connectivity index (χ1n) is 8.67. The predicted octanol–water partition coefficient (Wildman–Crippen LogP) is 3.25. The molecule has 0 aliphatic carbocycles. The number of urea groups is 1. The first-order chi connectivity index (χ1) is 13.1. The number of hydrogen-bond donors (Lipinski definition) is 2. The molecule has 8 nitrogen and oxygen atoms in total. The van der Waals surface area contributed by atoms with Crippen LogP contribution in [0.3, 0.4) is 0 Å². The second-order valence-corrected chi connectivity index (χ2v) is 6.21. The molecule has 2 aromatic heterocycles. The minimum Gasteiger partial charge on any atom is -0.457 e. The SMILES string of the molecule is CNC(=O)n1ccc2cc(Oc3ccnc(NC(=O)N4CCC4)c3)ccc21. The maximum Gasteiger partial charge on any atom is 0.325 e. The van der Waals surface area contributed by atoms with E-state index in [4.69, 9.17) is 4.74 Å². The summed E-state index contributed by atoms with van der Waals surface area (Å²) < 4.78 is 7.43. The van der Waals surface area contributed by atoms with Crippen LogP contribution in [0, 0.1) is 0 Å². The molecule has 1 saturated heterocycles. The summed E-state index contributed by atoms with van der Waals surface area (Å²) in [6.07, 6.45) is 4.33. The Kier molecular flexibility index (Phi) is 4.37. The van der Waals surface area contributed by atoms with Crippen LogP contribution in [0.4, 0.5) is 15.4 Å². The van der Waals surface area contributed by atoms with E-state index < -0.39 is 0 Å². The molecule has 3 amide bonds. The molecule has 0 atom stereocenters. The van der Waals surface area contributed by atoms with Gasteiger partial charge in [0.1, 0.15) is 17.3 Å². The zero-order valence-electron chi connectivity index (χ0n) is 14.8. The number of ether oxygens (including phenoxy) is 1. The van der Waals surface area contributed by atoms with Gasteiger partial charge in [-0.1, -0.05) is 0 Å². The van der Waals surface area contributed by atoms with Gasteiger partial charge in [-0.25, -0.2) is 14.6 Å². The third-order valence-electron chi connectivity index (χ3n) is 4.44. The number of benzene rings is 1. The van der Waals surface area contributed by atoms with Crippen LogP contribution in [0.5, 0.6) is 11.5 Å². The summed E-state index contributed by atoms with van der Waals surface area (Å²) >= 11 is 0. The number of nitrogens with zero attached hydrogens (tertiary/aromatic N) is 3. The average Bonchev–Trinajstić information content (AvgIpc) is 3.03. The standard InChI is InChI=1S/C19H19N5O3/c1-20-18(25)24-10-6-13-11-14(3-4-16(13)24)27-15-5-7-21-17(12-15)22-19(26)23-8-2-9-23/h3-7,10-12H,2,8-9H2,1H3,(H,20,25)(H,21,22,26). The zero-order valence-corrected chi connectivity index (χ0v) is 14.8. The van der Waals surface area contributed by atoms with Gasteiger partial charge in [-0.2, -0.15) is 0 Å². The summed E-state index contributed by atoms with van der Waals surface area (Å²) in [4.78, 5) is 29.7. The summed E-state index contributed by atoms with van der Waals surface area (Å²) in [5, 5.41) is 6.26. The molecular formula is C19H19N5O3. The van der Waals surface area contributed by atoms with Gasteiger partial charge >= 0.3 is 12.1 Å². The number of anilines is 1. The number of amides is 3. The molecular weight excluding hydrogens is 346 g/mol. The molecule has 1 aromatic carbocycles. The number of fused-ring (bicyclic) bond motifs is 1. The van der Waals surface area contributed by atoms with Gasteiger partial charge in [0.2, 0.25) is 0 Å². The lowest BCUT2D eigenvalue weighted by Gasteiger charge is -2.30. The van der Waals surface area contributed by atoms with E-state index in [0.717, 1.165) is 30.4 Å². The van der Waals surface area contributed by atoms with Gasteiger partial charge in [0.05, 0.1) is 5.52 Å². The first kappa shape index (κ1) is 16.9. The van der Waals surface area contributed by atoms with Crippen LogP contribution in [0.1, 0.15) is 6.42 Å². The van der Waals surface area contributed by atoms with Crippen molar-refractivity contribution in [3.05, 3.63) is 48.8 Å². The van der Waals surface area contributed by atoms with Crippen molar-refractivity contribution in [2.24, 2.45) is 0 Å². The van der Waals surface area contributed by atoms with Crippen molar-refractivity contribution in [3.63, 3.8) is 0 Å². The van der Waals surface area contributed by atoms with Crippen molar-refractivity contribution in [3.8, 4) is 11.5 Å². The Morgan fingerprint density at radius 2 is 1.89 bits per heavy atom. The average molecular weight is 365 g/mol. The summed E-state index contributed by atoms with van der Waals surface area (Å²) in [6.45, 7) is 1.55. The molecule has 1 aliphatic rings. The Labute approximate surface area is 155 Å². The van der Waals surface area contributed by atoms with Gasteiger partial charge in [-0.05, 0) is 36.8 Å². The molecule has 0 saturated carbocycles. The molecule has 3 heterocycles. The van der Waals surface area contributed by atoms with Crippen LogP contribution < -0.4 is 15.4 Å². The molecule has 0 radical (unpaired) electrons. The highest BCUT2D eigenvalue weighted by Gasteiger charge is 2.20. The third-order valence-corrected chi connectivity index (χ3v) is 4.44. The normalized spacial score (nSPS) is 13.1. The van der Waals surface area contributed by atoms with Gasteiger partial charge in [-0.15, -0.1) is 0 Å². The van der Waals surface area contributed by atoms with E-state index in [1.165, 1.54) is 4.57 Å². The molecule has 0 unspecified atom stereocenters. The number of carbonyl (C=O) groups excluding carboxylic acids is 2. The molecule has 0 bridgehead atoms. The third kappa shape index (κ3) is 3.41. The summed E-state index contributed by atoms with van der Waals surface area (Å²) in [6, 6.07) is 10.4. The highest BCUT2D eigenvalue weighted by atomic mass is 16.5. The predicted molar refractivity (Wildman–Crippen MR) is 101 cm³/mol. The molecule has 3 aromatic rings. The van der Waals surface area contributed by atoms with E-state index in [9.17, 15) is 9.59 Å². The van der Waals surface area contributed by atoms with Crippen molar-refractivity contribution in [2.75, 3.05) is 25.5 Å². The molecule has 27 heavy (non-hydrogen) atoms. The Balaban J connectivity index is 1.51. The Morgan fingerprint density at radius 1 is 1.07 bits per heavy atom. The van der Waals surface area contributed by atoms with Crippen molar-refractivity contribution in [1.82, 2.24) is 19.8 Å². The molecule has 2 N–H and O–H groups in total. The summed E-state index contributed by atoms with van der Waals surface area (Å²) in [7, 11) is 1.59. The maximum atomic E-state index is 12.0. The van der Waals surface area contributed by atoms with Crippen molar-refractivity contribution in [1.29, 1.82) is 0 Å². The van der Waals surface area contributed by atoms with Crippen LogP contribution in [-0.2, 0) is 0 Å². The first-order valence-corrected chi connectivity index (χ1v) is 8.67. The van der Waals surface area contributed by atoms with E-state index in [2.05, 4.69) is 15.6 Å². The highest BCUT2D eigenvalue weighted by molar-refractivity contribution is 5.92. The molecule has 1 fully saturated rings. The number of hydrogen-bond acceptors (Lipinski definition) is 4. The molecule has 4 rings (SSSR count). The Hall–Kier alpha value is -3.55. The Morgan fingerprint density at radius 3 is 2.63 bits per heavy atom. The second-order valence-electron chi connectivity index (χ2n) is 6.21. The zero-order chi connectivity index (χ0) is 18.8. The van der Waals surface area contributed by atoms with Crippen LogP contribution in [0.2, 0.25) is 0 Å². The largest absolute Gasteiger partial charge is 0.457 e. The number of likely N-dealkylation sites (tertiary alicyclic amines) is 1. The highest BCUT2D eigenvalue weighted by Crippen LogP contribution is 2.27. The molecule has 0 spiro atoms. The van der Waals surface area contributed by atoms with Gasteiger partial charge < -0.3 is 15.0 Å². The number of carbonyl (C=O) groups is 2. The van der Waals surface area contributed by atoms with Crippen molar-refractivity contribution >= 4 is 28.8 Å². The van der Waals surface area contributed by atoms with E-state index >= 15 is 0 Å². The lowest BCUT2D eigenvalue weighted by atomic mass is 10.2. The second kappa shape index (κ2) is 6.99. The Bertz CT molecular complexity index is 1010. The molecule has 1 aliphatic heterocycles. The van der Waals surface area contributed by atoms with Crippen molar-refractivity contribution < 1.29 is 14.3 Å². The number of pyridine rings is 1. The van der Waals surface area contributed by atoms with E-state index in [0.29, 0.717) is 17.3 Å². The number of rotatable bonds is 3. The van der Waals surface area contributed by atoms with E-state index in [1.807, 2.05) is 18.2 Å². The van der Waals surface area contributed by atoms with Gasteiger partial charge in [0.25, 0.3) is 0 Å². The minimum absolute atomic E-state index is 0.150. The summed E-state index contributed by atoms with van der Waals surface area (Å²) in [5.41, 5.74) is 0.791. The molecule has 8 heteroatoms. The van der Waals surface area contributed by atoms with Crippen LogP contribution in [-0.4, -0.2) is 46.7 Å². The van der Waals surface area contributed by atoms with Gasteiger partial charge in [0.15, 0.2) is 0 Å². The van der Waals surface area contributed by atoms with Gasteiger partial charge in [-0.3, -0.25) is 9.88 Å². The summed E-state index contributed by atoms with van der Waals surface area (Å²) in [5.74, 6) is 1.63. The van der Waals surface area contributed by atoms with E-state index in [-0.39, 0.29) is 12.1 Å². The van der Waals surface area contributed by atoms with Crippen LogP contribution in [0.15, 0.2) is 48.8 Å². The fraction of sp³-hybridized carbons (Fsp3) is 0.211. The smallest absolute Gasteiger partial charge is 0.325 e. The quantitative estimate of drug-likeness (QED) is 0.746. The maximum absolute atomic E-state index is 12.0. The lowest BCUT2D eigenvalue weighted by Crippen LogP contribution is -2.44. The fourth-order valence-electron chi connectivity index (χ4n) is 2.87. The molecule has 138 valence electrons. The lowest BCUT2D eigenvalue weighted by molar-refractivity contribution is 0.181. The van der Waals surface area contributed by atoms with Crippen LogP contribution in [0.25, 0.3) is 10.9 Å². The number of aromatic nitrogens is 2. The van der Waals surface area contributed by atoms with Gasteiger partial charge in [0, 0.05) is 44.0 Å². The minimum atomic E-state index is -0.199.